The summed E-state index contributed by atoms with van der Waals surface area (Å²) in [6.45, 7) is 4.11. The molecule has 0 saturated heterocycles. The van der Waals surface area contributed by atoms with Gasteiger partial charge in [0.2, 0.25) is 6.41 Å². The number of nitrogens with two attached hydrogens (primary N) is 1. The van der Waals surface area contributed by atoms with Crippen LogP contribution in [0, 0.1) is 0 Å². The lowest BCUT2D eigenvalue weighted by Crippen LogP contribution is -2.27. The van der Waals surface area contributed by atoms with E-state index in [1.807, 2.05) is 18.2 Å². The van der Waals surface area contributed by atoms with Crippen LogP contribution in [0.2, 0.25) is 0 Å². The highest BCUT2D eigenvalue weighted by Crippen LogP contribution is 2.29. The Kier molecular flexibility index (Phi) is 3.50. The molecule has 1 aromatic rings. The summed E-state index contributed by atoms with van der Waals surface area (Å²) in [5, 5.41) is 0. The van der Waals surface area contributed by atoms with Gasteiger partial charge in [0.25, 0.3) is 0 Å². The fourth-order valence-corrected chi connectivity index (χ4v) is 1.32. The van der Waals surface area contributed by atoms with Gasteiger partial charge in [0.15, 0.2) is 0 Å². The van der Waals surface area contributed by atoms with Gasteiger partial charge in [-0.2, -0.15) is 0 Å². The Morgan fingerprint density at radius 1 is 1.33 bits per heavy atom. The van der Waals surface area contributed by atoms with E-state index in [0.717, 1.165) is 11.3 Å². The largest absolute Gasteiger partial charge is 0.483 e. The molecule has 1 aliphatic rings. The molecular weight excluding hydrogens is 190 g/mol. The molecule has 0 fully saturated rings. The highest BCUT2D eigenvalue weighted by molar-refractivity contribution is 5.60. The molecule has 3 heteroatoms. The lowest BCUT2D eigenvalue weighted by Gasteiger charge is -2.27. The van der Waals surface area contributed by atoms with E-state index in [0.29, 0.717) is 0 Å². The van der Waals surface area contributed by atoms with Gasteiger partial charge < -0.3 is 10.5 Å². The Bertz CT molecular complexity index is 370. The van der Waals surface area contributed by atoms with Crippen LogP contribution in [0.3, 0.4) is 0 Å². The summed E-state index contributed by atoms with van der Waals surface area (Å²) in [6, 6.07) is 8.07. The fourth-order valence-electron chi connectivity index (χ4n) is 1.32. The summed E-state index contributed by atoms with van der Waals surface area (Å²) < 4.78 is 5.73. The second-order valence-electron chi connectivity index (χ2n) is 3.71. The van der Waals surface area contributed by atoms with E-state index in [4.69, 9.17) is 9.53 Å². The zero-order valence-corrected chi connectivity index (χ0v) is 8.94. The minimum absolute atomic E-state index is 0.158. The zero-order valence-electron chi connectivity index (χ0n) is 8.94. The number of benzene rings is 1. The second kappa shape index (κ2) is 4.64. The monoisotopic (exact) mass is 205 g/mol. The number of hydrogen-bond donors (Lipinski definition) is 1. The van der Waals surface area contributed by atoms with E-state index in [-0.39, 0.29) is 12.0 Å². The minimum Gasteiger partial charge on any atom is -0.483 e. The summed E-state index contributed by atoms with van der Waals surface area (Å²) in [4.78, 5) is 8.58. The van der Waals surface area contributed by atoms with E-state index < -0.39 is 0 Å². The second-order valence-corrected chi connectivity index (χ2v) is 3.71. The van der Waals surface area contributed by atoms with Crippen molar-refractivity contribution in [3.05, 3.63) is 35.9 Å². The number of rotatable bonds is 0. The van der Waals surface area contributed by atoms with Crippen molar-refractivity contribution in [2.45, 2.75) is 19.4 Å². The number of fused-ring (bicyclic) bond motifs is 1. The number of carbonyl (C=O) groups excluding carboxylic acids is 1. The van der Waals surface area contributed by atoms with Gasteiger partial charge in [0.05, 0.1) is 0 Å². The molecule has 0 saturated carbocycles. The summed E-state index contributed by atoms with van der Waals surface area (Å²) >= 11 is 0. The molecule has 0 bridgehead atoms. The first kappa shape index (κ1) is 11.3. The van der Waals surface area contributed by atoms with Crippen LogP contribution in [0.1, 0.15) is 19.4 Å². The van der Waals surface area contributed by atoms with Gasteiger partial charge >= 0.3 is 0 Å². The lowest BCUT2D eigenvalue weighted by molar-refractivity contribution is -0.106. The standard InChI is InChI=1S/C11H12O.CH3NO/c1-11(2)8-7-9-5-3-4-6-10(9)12-11;2-1-3/h3-8H,1-2H3;1H,(H2,2,3). The number of primary amides is 1. The number of para-hydroxylation sites is 1. The van der Waals surface area contributed by atoms with Crippen LogP contribution in [-0.4, -0.2) is 12.0 Å². The Balaban J connectivity index is 0.000000337. The predicted octanol–water partition coefficient (Wildman–Crippen LogP) is 1.97. The van der Waals surface area contributed by atoms with Crippen molar-refractivity contribution in [1.29, 1.82) is 0 Å². The molecule has 2 N–H and O–H groups in total. The van der Waals surface area contributed by atoms with Gasteiger partial charge in [-0.25, -0.2) is 0 Å². The predicted molar refractivity (Wildman–Crippen MR) is 60.4 cm³/mol. The number of carbonyl (C=O) groups is 1. The molecule has 80 valence electrons. The third kappa shape index (κ3) is 3.13. The first-order chi connectivity index (χ1) is 7.09. The van der Waals surface area contributed by atoms with Crippen molar-refractivity contribution in [2.24, 2.45) is 5.73 Å². The number of amides is 1. The molecule has 0 aliphatic carbocycles. The molecule has 0 unspecified atom stereocenters. The maximum absolute atomic E-state index is 8.58. The van der Waals surface area contributed by atoms with Crippen LogP contribution < -0.4 is 10.5 Å². The average molecular weight is 205 g/mol. The van der Waals surface area contributed by atoms with Crippen molar-refractivity contribution < 1.29 is 9.53 Å². The van der Waals surface area contributed by atoms with Crippen molar-refractivity contribution in [2.75, 3.05) is 0 Å². The Morgan fingerprint density at radius 3 is 2.60 bits per heavy atom. The zero-order chi connectivity index (χ0) is 11.3. The van der Waals surface area contributed by atoms with Crippen LogP contribution in [0.5, 0.6) is 5.75 Å². The summed E-state index contributed by atoms with van der Waals surface area (Å²) in [7, 11) is 0. The number of ether oxygens (including phenoxy) is 1. The molecule has 15 heavy (non-hydrogen) atoms. The van der Waals surface area contributed by atoms with Crippen molar-refractivity contribution in [3.63, 3.8) is 0 Å². The van der Waals surface area contributed by atoms with Gasteiger partial charge in [0.1, 0.15) is 11.4 Å². The third-order valence-corrected chi connectivity index (χ3v) is 1.96. The highest BCUT2D eigenvalue weighted by atomic mass is 16.5. The highest BCUT2D eigenvalue weighted by Gasteiger charge is 2.20. The van der Waals surface area contributed by atoms with E-state index in [2.05, 4.69) is 37.8 Å². The minimum atomic E-state index is -0.158. The summed E-state index contributed by atoms with van der Waals surface area (Å²) in [5.74, 6) is 0.977. The van der Waals surface area contributed by atoms with Gasteiger partial charge in [-0.15, -0.1) is 0 Å². The first-order valence-corrected chi connectivity index (χ1v) is 4.72. The quantitative estimate of drug-likeness (QED) is 0.658. The van der Waals surface area contributed by atoms with Crippen molar-refractivity contribution in [1.82, 2.24) is 0 Å². The Morgan fingerprint density at radius 2 is 1.93 bits per heavy atom. The van der Waals surface area contributed by atoms with Crippen LogP contribution in [0.15, 0.2) is 30.3 Å². The SMILES string of the molecule is CC1(C)C=Cc2ccccc2O1.NC=O. The van der Waals surface area contributed by atoms with E-state index >= 15 is 0 Å². The van der Waals surface area contributed by atoms with Gasteiger partial charge in [0, 0.05) is 5.56 Å². The van der Waals surface area contributed by atoms with E-state index in [9.17, 15) is 0 Å². The molecule has 1 aromatic carbocycles. The van der Waals surface area contributed by atoms with Crippen LogP contribution in [0.4, 0.5) is 0 Å². The van der Waals surface area contributed by atoms with Crippen LogP contribution in [0.25, 0.3) is 6.08 Å². The molecule has 1 heterocycles. The third-order valence-electron chi connectivity index (χ3n) is 1.96. The molecule has 0 spiro atoms. The Hall–Kier alpha value is -1.77. The molecular formula is C12H15NO2. The van der Waals surface area contributed by atoms with Crippen LogP contribution >= 0.6 is 0 Å². The van der Waals surface area contributed by atoms with Gasteiger partial charge in [-0.3, -0.25) is 4.79 Å². The van der Waals surface area contributed by atoms with E-state index in [1.54, 1.807) is 0 Å². The maximum Gasteiger partial charge on any atom is 0.204 e. The molecule has 2 rings (SSSR count). The summed E-state index contributed by atoms with van der Waals surface area (Å²) in [6.07, 6.45) is 4.44. The smallest absolute Gasteiger partial charge is 0.204 e. The molecule has 0 radical (unpaired) electrons. The van der Waals surface area contributed by atoms with Crippen LogP contribution in [-0.2, 0) is 4.79 Å². The number of hydrogen-bond acceptors (Lipinski definition) is 2. The molecule has 3 nitrogen and oxygen atoms in total. The molecule has 1 aliphatic heterocycles. The Labute approximate surface area is 89.5 Å². The first-order valence-electron chi connectivity index (χ1n) is 4.72. The summed E-state index contributed by atoms with van der Waals surface area (Å²) in [5.41, 5.74) is 5.17. The molecule has 0 atom stereocenters. The molecule has 1 amide bonds. The van der Waals surface area contributed by atoms with E-state index in [1.165, 1.54) is 0 Å². The van der Waals surface area contributed by atoms with Crippen molar-refractivity contribution >= 4 is 12.5 Å². The lowest BCUT2D eigenvalue weighted by atomic mass is 10.0. The normalized spacial score (nSPS) is 15.3. The van der Waals surface area contributed by atoms with Crippen molar-refractivity contribution in [3.8, 4) is 5.75 Å². The van der Waals surface area contributed by atoms with Gasteiger partial charge in [-0.05, 0) is 26.0 Å². The fraction of sp³-hybridized carbons (Fsp3) is 0.250. The van der Waals surface area contributed by atoms with Gasteiger partial charge in [-0.1, -0.05) is 24.3 Å². The maximum atomic E-state index is 8.58. The topological polar surface area (TPSA) is 52.3 Å². The molecule has 0 aromatic heterocycles. The average Bonchev–Trinajstić information content (AvgIpc) is 2.17.